The molecule has 0 saturated carbocycles. The quantitative estimate of drug-likeness (QED) is 0.762. The Morgan fingerprint density at radius 1 is 1.00 bits per heavy atom. The molecule has 0 spiro atoms. The van der Waals surface area contributed by atoms with E-state index in [0.29, 0.717) is 36.5 Å². The lowest BCUT2D eigenvalue weighted by Crippen LogP contribution is -2.23. The number of rotatable bonds is 7. The number of carbonyl (C=O) groups excluding carboxylic acids is 2. The summed E-state index contributed by atoms with van der Waals surface area (Å²) in [6, 6.07) is 16.6. The van der Waals surface area contributed by atoms with Crippen molar-refractivity contribution in [2.24, 2.45) is 0 Å². The van der Waals surface area contributed by atoms with Gasteiger partial charge in [-0.25, -0.2) is 0 Å². The van der Waals surface area contributed by atoms with Crippen LogP contribution in [-0.4, -0.2) is 17.7 Å². The molecule has 2 aromatic rings. The molecule has 0 unspecified atom stereocenters. The number of hydrogen-bond donors (Lipinski definition) is 2. The molecular formula is C18H19ClN2O2. The number of carbonyl (C=O) groups is 2. The number of amides is 2. The van der Waals surface area contributed by atoms with Gasteiger partial charge in [0.25, 0.3) is 5.91 Å². The maximum absolute atomic E-state index is 12.2. The fraction of sp³-hybridized carbons (Fsp3) is 0.222. The lowest BCUT2D eigenvalue weighted by Gasteiger charge is -2.08. The molecule has 0 aliphatic carbocycles. The summed E-state index contributed by atoms with van der Waals surface area (Å²) in [7, 11) is 0. The Morgan fingerprint density at radius 3 is 2.52 bits per heavy atom. The molecule has 0 aliphatic heterocycles. The zero-order valence-corrected chi connectivity index (χ0v) is 13.5. The Bertz CT molecular complexity index is 659. The predicted octanol–water partition coefficient (Wildman–Crippen LogP) is 3.57. The van der Waals surface area contributed by atoms with E-state index in [0.717, 1.165) is 5.56 Å². The van der Waals surface area contributed by atoms with Crippen molar-refractivity contribution in [3.8, 4) is 0 Å². The van der Waals surface area contributed by atoms with Crippen LogP contribution < -0.4 is 10.6 Å². The monoisotopic (exact) mass is 330 g/mol. The number of nitrogens with one attached hydrogen (secondary N) is 2. The van der Waals surface area contributed by atoms with Crippen molar-refractivity contribution in [1.82, 2.24) is 5.32 Å². The van der Waals surface area contributed by atoms with Crippen LogP contribution in [0.2, 0.25) is 0 Å². The molecule has 0 heterocycles. The lowest BCUT2D eigenvalue weighted by molar-refractivity contribution is -0.116. The van der Waals surface area contributed by atoms with Gasteiger partial charge in [-0.15, -0.1) is 11.6 Å². The first kappa shape index (κ1) is 17.0. The topological polar surface area (TPSA) is 58.2 Å². The first-order chi connectivity index (χ1) is 11.2. The number of anilines is 1. The van der Waals surface area contributed by atoms with Gasteiger partial charge in [0.15, 0.2) is 0 Å². The van der Waals surface area contributed by atoms with Gasteiger partial charge in [0, 0.05) is 30.1 Å². The SMILES string of the molecule is O=C(CCCCl)Nc1cccc(C(=O)NCc2ccccc2)c1. The maximum atomic E-state index is 12.2. The molecule has 2 aromatic carbocycles. The Kier molecular flexibility index (Phi) is 6.63. The van der Waals surface area contributed by atoms with Gasteiger partial charge in [0.1, 0.15) is 0 Å². The summed E-state index contributed by atoms with van der Waals surface area (Å²) in [6.45, 7) is 0.464. The van der Waals surface area contributed by atoms with Gasteiger partial charge in [-0.05, 0) is 30.2 Å². The molecule has 0 aliphatic rings. The van der Waals surface area contributed by atoms with Crippen LogP contribution in [0, 0.1) is 0 Å². The molecule has 4 nitrogen and oxygen atoms in total. The molecule has 2 amide bonds. The largest absolute Gasteiger partial charge is 0.348 e. The van der Waals surface area contributed by atoms with Gasteiger partial charge >= 0.3 is 0 Å². The summed E-state index contributed by atoms with van der Waals surface area (Å²) in [5.41, 5.74) is 2.15. The van der Waals surface area contributed by atoms with E-state index in [1.807, 2.05) is 30.3 Å². The first-order valence-corrected chi connectivity index (χ1v) is 8.00. The molecule has 0 saturated heterocycles. The van der Waals surface area contributed by atoms with Crippen LogP contribution in [0.15, 0.2) is 54.6 Å². The highest BCUT2D eigenvalue weighted by Gasteiger charge is 2.07. The van der Waals surface area contributed by atoms with Crippen molar-refractivity contribution in [3.63, 3.8) is 0 Å². The number of halogens is 1. The van der Waals surface area contributed by atoms with Crippen molar-refractivity contribution in [1.29, 1.82) is 0 Å². The van der Waals surface area contributed by atoms with E-state index in [2.05, 4.69) is 10.6 Å². The highest BCUT2D eigenvalue weighted by Crippen LogP contribution is 2.12. The minimum absolute atomic E-state index is 0.104. The Balaban J connectivity index is 1.93. The summed E-state index contributed by atoms with van der Waals surface area (Å²) < 4.78 is 0. The van der Waals surface area contributed by atoms with Crippen LogP contribution in [0.3, 0.4) is 0 Å². The van der Waals surface area contributed by atoms with Crippen molar-refractivity contribution in [2.75, 3.05) is 11.2 Å². The van der Waals surface area contributed by atoms with Gasteiger partial charge in [-0.1, -0.05) is 36.4 Å². The normalized spacial score (nSPS) is 10.1. The third kappa shape index (κ3) is 5.75. The van der Waals surface area contributed by atoms with Gasteiger partial charge in [0.05, 0.1) is 0 Å². The predicted molar refractivity (Wildman–Crippen MR) is 92.6 cm³/mol. The summed E-state index contributed by atoms with van der Waals surface area (Å²) in [4.78, 5) is 23.9. The van der Waals surface area contributed by atoms with E-state index in [4.69, 9.17) is 11.6 Å². The van der Waals surface area contributed by atoms with Gasteiger partial charge < -0.3 is 10.6 Å². The average molecular weight is 331 g/mol. The first-order valence-electron chi connectivity index (χ1n) is 7.47. The van der Waals surface area contributed by atoms with Crippen LogP contribution >= 0.6 is 11.6 Å². The van der Waals surface area contributed by atoms with Crippen molar-refractivity contribution in [2.45, 2.75) is 19.4 Å². The maximum Gasteiger partial charge on any atom is 0.251 e. The standard InChI is InChI=1S/C18H19ClN2O2/c19-11-5-10-17(22)21-16-9-4-8-15(12-16)18(23)20-13-14-6-2-1-3-7-14/h1-4,6-9,12H,5,10-11,13H2,(H,20,23)(H,21,22). The van der Waals surface area contributed by atoms with Gasteiger partial charge in [0.2, 0.25) is 5.91 Å². The van der Waals surface area contributed by atoms with Crippen molar-refractivity contribution in [3.05, 3.63) is 65.7 Å². The lowest BCUT2D eigenvalue weighted by atomic mass is 10.1. The van der Waals surface area contributed by atoms with Crippen LogP contribution in [0.5, 0.6) is 0 Å². The molecule has 0 fully saturated rings. The summed E-state index contributed by atoms with van der Waals surface area (Å²) in [5.74, 6) is 0.174. The number of benzene rings is 2. The van der Waals surface area contributed by atoms with Crippen molar-refractivity contribution >= 4 is 29.1 Å². The third-order valence-electron chi connectivity index (χ3n) is 3.24. The molecule has 120 valence electrons. The van der Waals surface area contributed by atoms with E-state index in [1.54, 1.807) is 24.3 Å². The van der Waals surface area contributed by atoms with Gasteiger partial charge in [-0.2, -0.15) is 0 Å². The van der Waals surface area contributed by atoms with E-state index >= 15 is 0 Å². The molecule has 23 heavy (non-hydrogen) atoms. The highest BCUT2D eigenvalue weighted by atomic mass is 35.5. The number of alkyl halides is 1. The van der Waals surface area contributed by atoms with Crippen LogP contribution in [0.4, 0.5) is 5.69 Å². The van der Waals surface area contributed by atoms with E-state index in [1.165, 1.54) is 0 Å². The van der Waals surface area contributed by atoms with Gasteiger partial charge in [-0.3, -0.25) is 9.59 Å². The molecule has 0 radical (unpaired) electrons. The van der Waals surface area contributed by atoms with Crippen molar-refractivity contribution < 1.29 is 9.59 Å². The van der Waals surface area contributed by atoms with Crippen LogP contribution in [0.1, 0.15) is 28.8 Å². The van der Waals surface area contributed by atoms with E-state index < -0.39 is 0 Å². The summed E-state index contributed by atoms with van der Waals surface area (Å²) in [5, 5.41) is 5.63. The summed E-state index contributed by atoms with van der Waals surface area (Å²) in [6.07, 6.45) is 0.999. The smallest absolute Gasteiger partial charge is 0.251 e. The van der Waals surface area contributed by atoms with Crippen LogP contribution in [-0.2, 0) is 11.3 Å². The molecule has 0 aromatic heterocycles. The second kappa shape index (κ2) is 8.96. The average Bonchev–Trinajstić information content (AvgIpc) is 2.59. The fourth-order valence-corrected chi connectivity index (χ4v) is 2.20. The molecule has 5 heteroatoms. The third-order valence-corrected chi connectivity index (χ3v) is 3.51. The molecule has 0 atom stereocenters. The zero-order valence-electron chi connectivity index (χ0n) is 12.7. The molecule has 2 rings (SSSR count). The summed E-state index contributed by atoms with van der Waals surface area (Å²) >= 11 is 5.57. The second-order valence-electron chi connectivity index (χ2n) is 5.09. The highest BCUT2D eigenvalue weighted by molar-refractivity contribution is 6.18. The molecule has 2 N–H and O–H groups in total. The molecular weight excluding hydrogens is 312 g/mol. The Labute approximate surface area is 140 Å². The molecule has 0 bridgehead atoms. The minimum Gasteiger partial charge on any atom is -0.348 e. The number of hydrogen-bond acceptors (Lipinski definition) is 2. The Hall–Kier alpha value is -2.33. The second-order valence-corrected chi connectivity index (χ2v) is 5.47. The Morgan fingerprint density at radius 2 is 1.78 bits per heavy atom. The fourth-order valence-electron chi connectivity index (χ4n) is 2.07. The van der Waals surface area contributed by atoms with E-state index in [9.17, 15) is 9.59 Å². The van der Waals surface area contributed by atoms with E-state index in [-0.39, 0.29) is 11.8 Å². The van der Waals surface area contributed by atoms with Crippen LogP contribution in [0.25, 0.3) is 0 Å². The zero-order chi connectivity index (χ0) is 16.5. The minimum atomic E-state index is -0.175.